The third-order valence-electron chi connectivity index (χ3n) is 2.57. The summed E-state index contributed by atoms with van der Waals surface area (Å²) in [5.74, 6) is -0.418. The normalized spacial score (nSPS) is 10.5. The molecular formula is C11H12N4O2. The van der Waals surface area contributed by atoms with Gasteiger partial charge in [0.1, 0.15) is 0 Å². The topological polar surface area (TPSA) is 80.9 Å². The van der Waals surface area contributed by atoms with E-state index in [1.165, 1.54) is 4.68 Å². The first kappa shape index (κ1) is 11.3. The summed E-state index contributed by atoms with van der Waals surface area (Å²) >= 11 is 0. The van der Waals surface area contributed by atoms with Gasteiger partial charge in [0.05, 0.1) is 11.3 Å². The Labute approximate surface area is 97.9 Å². The molecule has 0 amide bonds. The molecule has 2 rings (SSSR count). The van der Waals surface area contributed by atoms with Gasteiger partial charge in [-0.25, -0.2) is 4.79 Å². The molecule has 0 spiro atoms. The molecule has 0 fully saturated rings. The summed E-state index contributed by atoms with van der Waals surface area (Å²) in [5, 5.41) is 20.3. The zero-order valence-corrected chi connectivity index (χ0v) is 9.58. The summed E-state index contributed by atoms with van der Waals surface area (Å²) in [6.07, 6.45) is 0.718. The van der Waals surface area contributed by atoms with Crippen molar-refractivity contribution in [3.63, 3.8) is 0 Å². The molecule has 17 heavy (non-hydrogen) atoms. The van der Waals surface area contributed by atoms with Crippen LogP contribution in [0.4, 0.5) is 0 Å². The molecular weight excluding hydrogens is 220 g/mol. The molecule has 0 bridgehead atoms. The molecule has 0 aliphatic rings. The predicted molar refractivity (Wildman–Crippen MR) is 60.2 cm³/mol. The highest BCUT2D eigenvalue weighted by Crippen LogP contribution is 2.20. The highest BCUT2D eigenvalue weighted by Gasteiger charge is 2.17. The molecule has 88 valence electrons. The van der Waals surface area contributed by atoms with Crippen LogP contribution in [0.1, 0.15) is 28.7 Å². The van der Waals surface area contributed by atoms with Crippen molar-refractivity contribution in [2.75, 3.05) is 0 Å². The molecule has 0 radical (unpaired) electrons. The van der Waals surface area contributed by atoms with Crippen LogP contribution >= 0.6 is 0 Å². The largest absolute Gasteiger partial charge is 0.478 e. The van der Waals surface area contributed by atoms with E-state index in [0.717, 1.165) is 12.0 Å². The lowest BCUT2D eigenvalue weighted by Gasteiger charge is -2.11. The quantitative estimate of drug-likeness (QED) is 0.860. The second-order valence-corrected chi connectivity index (χ2v) is 3.61. The SMILES string of the molecule is CCc1cccc(C(=O)O)c1-n1nnnc1C. The minimum absolute atomic E-state index is 0.208. The molecule has 0 aliphatic heterocycles. The minimum Gasteiger partial charge on any atom is -0.478 e. The average Bonchev–Trinajstić information content (AvgIpc) is 2.74. The standard InChI is InChI=1S/C11H12N4O2/c1-3-8-5-4-6-9(11(16)17)10(8)15-7(2)12-13-14-15/h4-6H,3H2,1-2H3,(H,16,17). The van der Waals surface area contributed by atoms with Crippen molar-refractivity contribution in [2.45, 2.75) is 20.3 Å². The third kappa shape index (κ3) is 1.89. The van der Waals surface area contributed by atoms with Crippen LogP contribution in [0.25, 0.3) is 5.69 Å². The fraction of sp³-hybridized carbons (Fsp3) is 0.273. The van der Waals surface area contributed by atoms with Gasteiger partial charge in [-0.1, -0.05) is 19.1 Å². The van der Waals surface area contributed by atoms with Gasteiger partial charge in [-0.3, -0.25) is 0 Å². The van der Waals surface area contributed by atoms with Crippen LogP contribution in [0.5, 0.6) is 0 Å². The monoisotopic (exact) mass is 232 g/mol. The summed E-state index contributed by atoms with van der Waals surface area (Å²) in [5.41, 5.74) is 1.66. The van der Waals surface area contributed by atoms with Crippen LogP contribution in [-0.4, -0.2) is 31.3 Å². The Hall–Kier alpha value is -2.24. The number of aryl methyl sites for hydroxylation is 2. The third-order valence-corrected chi connectivity index (χ3v) is 2.57. The number of carbonyl (C=O) groups is 1. The van der Waals surface area contributed by atoms with E-state index in [9.17, 15) is 9.90 Å². The molecule has 0 unspecified atom stereocenters. The van der Waals surface area contributed by atoms with Crippen molar-refractivity contribution in [3.05, 3.63) is 35.2 Å². The highest BCUT2D eigenvalue weighted by molar-refractivity contribution is 5.92. The van der Waals surface area contributed by atoms with Gasteiger partial charge in [0.2, 0.25) is 0 Å². The first-order chi connectivity index (χ1) is 8.15. The van der Waals surface area contributed by atoms with Crippen LogP contribution in [-0.2, 0) is 6.42 Å². The van der Waals surface area contributed by atoms with E-state index in [0.29, 0.717) is 11.5 Å². The van der Waals surface area contributed by atoms with Crippen molar-refractivity contribution < 1.29 is 9.90 Å². The molecule has 6 nitrogen and oxygen atoms in total. The second kappa shape index (κ2) is 4.32. The number of nitrogens with zero attached hydrogens (tertiary/aromatic N) is 4. The maximum absolute atomic E-state index is 11.2. The van der Waals surface area contributed by atoms with E-state index in [1.807, 2.05) is 13.0 Å². The Morgan fingerprint density at radius 3 is 2.76 bits per heavy atom. The first-order valence-corrected chi connectivity index (χ1v) is 5.25. The number of hydrogen-bond acceptors (Lipinski definition) is 4. The van der Waals surface area contributed by atoms with Crippen LogP contribution in [0.15, 0.2) is 18.2 Å². The smallest absolute Gasteiger partial charge is 0.337 e. The van der Waals surface area contributed by atoms with Crippen molar-refractivity contribution in [2.24, 2.45) is 0 Å². The molecule has 1 N–H and O–H groups in total. The molecule has 1 aromatic carbocycles. The molecule has 0 saturated carbocycles. The molecule has 6 heteroatoms. The van der Waals surface area contributed by atoms with E-state index in [1.54, 1.807) is 19.1 Å². The fourth-order valence-corrected chi connectivity index (χ4v) is 1.74. The summed E-state index contributed by atoms with van der Waals surface area (Å²) in [6.45, 7) is 3.70. The number of aromatic nitrogens is 4. The van der Waals surface area contributed by atoms with Gasteiger partial charge in [-0.2, -0.15) is 4.68 Å². The summed E-state index contributed by atoms with van der Waals surface area (Å²) in [4.78, 5) is 11.2. The first-order valence-electron chi connectivity index (χ1n) is 5.25. The maximum Gasteiger partial charge on any atom is 0.337 e. The predicted octanol–water partition coefficient (Wildman–Crippen LogP) is 1.23. The lowest BCUT2D eigenvalue weighted by atomic mass is 10.0. The van der Waals surface area contributed by atoms with Gasteiger partial charge in [0.15, 0.2) is 5.82 Å². The number of aromatic carboxylic acids is 1. The fourth-order valence-electron chi connectivity index (χ4n) is 1.74. The Morgan fingerprint density at radius 2 is 2.24 bits per heavy atom. The van der Waals surface area contributed by atoms with Gasteiger partial charge < -0.3 is 5.11 Å². The number of benzene rings is 1. The Balaban J connectivity index is 2.73. The zero-order valence-electron chi connectivity index (χ0n) is 9.58. The number of para-hydroxylation sites is 1. The Kier molecular flexibility index (Phi) is 2.86. The van der Waals surface area contributed by atoms with Crippen LogP contribution in [0.2, 0.25) is 0 Å². The van der Waals surface area contributed by atoms with Crippen LogP contribution < -0.4 is 0 Å². The lowest BCUT2D eigenvalue weighted by molar-refractivity contribution is 0.0696. The number of tetrazole rings is 1. The van der Waals surface area contributed by atoms with E-state index in [-0.39, 0.29) is 5.56 Å². The molecule has 1 heterocycles. The second-order valence-electron chi connectivity index (χ2n) is 3.61. The molecule has 0 atom stereocenters. The van der Waals surface area contributed by atoms with Gasteiger partial charge >= 0.3 is 5.97 Å². The van der Waals surface area contributed by atoms with Crippen LogP contribution in [0.3, 0.4) is 0 Å². The van der Waals surface area contributed by atoms with Crippen molar-refractivity contribution >= 4 is 5.97 Å². The summed E-state index contributed by atoms with van der Waals surface area (Å²) < 4.78 is 1.46. The Morgan fingerprint density at radius 1 is 1.47 bits per heavy atom. The summed E-state index contributed by atoms with van der Waals surface area (Å²) in [7, 11) is 0. The number of rotatable bonds is 3. The number of carboxylic acid groups (broad SMARTS) is 1. The van der Waals surface area contributed by atoms with Crippen molar-refractivity contribution in [3.8, 4) is 5.69 Å². The number of carboxylic acids is 1. The van der Waals surface area contributed by atoms with E-state index >= 15 is 0 Å². The molecule has 0 aliphatic carbocycles. The average molecular weight is 232 g/mol. The van der Waals surface area contributed by atoms with Crippen molar-refractivity contribution in [1.82, 2.24) is 20.2 Å². The van der Waals surface area contributed by atoms with Crippen molar-refractivity contribution in [1.29, 1.82) is 0 Å². The Bertz CT molecular complexity index is 562. The lowest BCUT2D eigenvalue weighted by Crippen LogP contribution is -2.11. The van der Waals surface area contributed by atoms with E-state index in [4.69, 9.17) is 0 Å². The highest BCUT2D eigenvalue weighted by atomic mass is 16.4. The molecule has 0 saturated heterocycles. The van der Waals surface area contributed by atoms with E-state index < -0.39 is 5.97 Å². The number of hydrogen-bond donors (Lipinski definition) is 1. The zero-order chi connectivity index (χ0) is 12.4. The van der Waals surface area contributed by atoms with E-state index in [2.05, 4.69) is 15.5 Å². The maximum atomic E-state index is 11.2. The van der Waals surface area contributed by atoms with Crippen LogP contribution in [0, 0.1) is 6.92 Å². The van der Waals surface area contributed by atoms with Gasteiger partial charge in [0.25, 0.3) is 0 Å². The molecule has 1 aromatic heterocycles. The summed E-state index contributed by atoms with van der Waals surface area (Å²) in [6, 6.07) is 5.16. The minimum atomic E-state index is -0.981. The molecule has 2 aromatic rings. The van der Waals surface area contributed by atoms with Gasteiger partial charge in [-0.05, 0) is 35.4 Å². The van der Waals surface area contributed by atoms with Gasteiger partial charge in [-0.15, -0.1) is 5.10 Å². The van der Waals surface area contributed by atoms with Gasteiger partial charge in [0, 0.05) is 0 Å².